The third-order valence-electron chi connectivity index (χ3n) is 2.09. The molecule has 0 saturated heterocycles. The Labute approximate surface area is 104 Å². The molecule has 0 radical (unpaired) electrons. The maximum absolute atomic E-state index is 9.96. The van der Waals surface area contributed by atoms with Crippen LogP contribution in [-0.4, -0.2) is 27.2 Å². The molecule has 0 spiro atoms. The van der Waals surface area contributed by atoms with Crippen LogP contribution in [0, 0.1) is 3.57 Å². The van der Waals surface area contributed by atoms with Crippen LogP contribution in [0.2, 0.25) is 0 Å². The highest BCUT2D eigenvalue weighted by Gasteiger charge is 2.19. The number of nitrogens with one attached hydrogen (secondary N) is 1. The van der Waals surface area contributed by atoms with Crippen LogP contribution < -0.4 is 5.32 Å². The van der Waals surface area contributed by atoms with Gasteiger partial charge in [0.15, 0.2) is 0 Å². The molecule has 0 aliphatic heterocycles. The van der Waals surface area contributed by atoms with Gasteiger partial charge >= 0.3 is 0 Å². The van der Waals surface area contributed by atoms with Gasteiger partial charge in [-0.1, -0.05) is 13.3 Å². The van der Waals surface area contributed by atoms with E-state index in [4.69, 9.17) is 0 Å². The van der Waals surface area contributed by atoms with Gasteiger partial charge in [0.05, 0.1) is 9.17 Å². The molecule has 0 aromatic carbocycles. The van der Waals surface area contributed by atoms with Crippen LogP contribution in [0.4, 0.5) is 5.82 Å². The Hall–Kier alpha value is -0.430. The maximum Gasteiger partial charge on any atom is 0.142 e. The third kappa shape index (κ3) is 4.29. The van der Waals surface area contributed by atoms with Crippen molar-refractivity contribution in [3.05, 3.63) is 16.1 Å². The van der Waals surface area contributed by atoms with Crippen LogP contribution >= 0.6 is 22.6 Å². The molecule has 0 fully saturated rings. The molecule has 4 nitrogen and oxygen atoms in total. The lowest BCUT2D eigenvalue weighted by Gasteiger charge is -2.23. The predicted molar refractivity (Wildman–Crippen MR) is 68.8 cm³/mol. The average molecular weight is 321 g/mol. The SMILES string of the molecule is CCCC(C)(O)CNc1ncncc1I. The molecule has 1 heterocycles. The summed E-state index contributed by atoms with van der Waals surface area (Å²) in [7, 11) is 0. The lowest BCUT2D eigenvalue weighted by Crippen LogP contribution is -2.33. The van der Waals surface area contributed by atoms with Crippen molar-refractivity contribution >= 4 is 28.4 Å². The molecular formula is C10H16IN3O. The molecule has 0 amide bonds. The van der Waals surface area contributed by atoms with Crippen LogP contribution in [-0.2, 0) is 0 Å². The Morgan fingerprint density at radius 2 is 2.33 bits per heavy atom. The van der Waals surface area contributed by atoms with Crippen molar-refractivity contribution in [2.75, 3.05) is 11.9 Å². The Bertz CT molecular complexity index is 317. The second-order valence-corrected chi connectivity index (χ2v) is 4.98. The second kappa shape index (κ2) is 5.60. The first kappa shape index (κ1) is 12.6. The third-order valence-corrected chi connectivity index (χ3v) is 2.88. The first-order valence-corrected chi connectivity index (χ1v) is 6.05. The fourth-order valence-electron chi connectivity index (χ4n) is 1.34. The van der Waals surface area contributed by atoms with E-state index in [0.717, 1.165) is 22.2 Å². The van der Waals surface area contributed by atoms with E-state index in [1.165, 1.54) is 6.33 Å². The Morgan fingerprint density at radius 1 is 1.60 bits per heavy atom. The summed E-state index contributed by atoms with van der Waals surface area (Å²) < 4.78 is 0.961. The van der Waals surface area contributed by atoms with Crippen LogP contribution in [0.1, 0.15) is 26.7 Å². The fourth-order valence-corrected chi connectivity index (χ4v) is 1.83. The van der Waals surface area contributed by atoms with Gasteiger partial charge in [-0.25, -0.2) is 9.97 Å². The number of hydrogen-bond donors (Lipinski definition) is 2. The highest BCUT2D eigenvalue weighted by atomic mass is 127. The van der Waals surface area contributed by atoms with Gasteiger partial charge in [0, 0.05) is 12.7 Å². The minimum Gasteiger partial charge on any atom is -0.388 e. The van der Waals surface area contributed by atoms with Gasteiger partial charge in [-0.05, 0) is 35.9 Å². The van der Waals surface area contributed by atoms with Gasteiger partial charge in [0.1, 0.15) is 12.1 Å². The molecule has 1 aromatic heterocycles. The predicted octanol–water partition coefficient (Wildman–Crippen LogP) is 2.04. The quantitative estimate of drug-likeness (QED) is 0.815. The summed E-state index contributed by atoms with van der Waals surface area (Å²) >= 11 is 2.16. The first-order chi connectivity index (χ1) is 7.05. The van der Waals surface area contributed by atoms with E-state index >= 15 is 0 Å². The molecule has 0 saturated carbocycles. The van der Waals surface area contributed by atoms with E-state index in [9.17, 15) is 5.11 Å². The Balaban J connectivity index is 2.53. The van der Waals surface area contributed by atoms with Crippen molar-refractivity contribution in [1.82, 2.24) is 9.97 Å². The van der Waals surface area contributed by atoms with Crippen molar-refractivity contribution in [2.24, 2.45) is 0 Å². The van der Waals surface area contributed by atoms with Gasteiger partial charge < -0.3 is 10.4 Å². The van der Waals surface area contributed by atoms with Crippen molar-refractivity contribution in [2.45, 2.75) is 32.3 Å². The van der Waals surface area contributed by atoms with Crippen molar-refractivity contribution in [3.8, 4) is 0 Å². The topological polar surface area (TPSA) is 58.0 Å². The Morgan fingerprint density at radius 3 is 2.93 bits per heavy atom. The molecule has 0 aliphatic carbocycles. The molecule has 1 atom stereocenters. The summed E-state index contributed by atoms with van der Waals surface area (Å²) in [6.45, 7) is 4.40. The molecule has 84 valence electrons. The first-order valence-electron chi connectivity index (χ1n) is 4.97. The number of anilines is 1. The van der Waals surface area contributed by atoms with Gasteiger partial charge in [0.2, 0.25) is 0 Å². The molecule has 15 heavy (non-hydrogen) atoms. The summed E-state index contributed by atoms with van der Waals surface area (Å²) in [4.78, 5) is 8.01. The summed E-state index contributed by atoms with van der Waals surface area (Å²) in [6.07, 6.45) is 4.99. The monoisotopic (exact) mass is 321 g/mol. The van der Waals surface area contributed by atoms with E-state index in [0.29, 0.717) is 6.54 Å². The van der Waals surface area contributed by atoms with Crippen molar-refractivity contribution in [1.29, 1.82) is 0 Å². The molecule has 2 N–H and O–H groups in total. The maximum atomic E-state index is 9.96. The van der Waals surface area contributed by atoms with Crippen LogP contribution in [0.5, 0.6) is 0 Å². The molecule has 0 aliphatic rings. The molecule has 1 aromatic rings. The summed E-state index contributed by atoms with van der Waals surface area (Å²) in [5, 5.41) is 13.1. The molecule has 1 rings (SSSR count). The number of hydrogen-bond acceptors (Lipinski definition) is 4. The highest BCUT2D eigenvalue weighted by molar-refractivity contribution is 14.1. The molecular weight excluding hydrogens is 305 g/mol. The second-order valence-electron chi connectivity index (χ2n) is 3.82. The lowest BCUT2D eigenvalue weighted by atomic mass is 10.0. The van der Waals surface area contributed by atoms with E-state index in [1.54, 1.807) is 6.20 Å². The summed E-state index contributed by atoms with van der Waals surface area (Å²) in [5.74, 6) is 0.780. The van der Waals surface area contributed by atoms with Crippen molar-refractivity contribution < 1.29 is 5.11 Å². The normalized spacial score (nSPS) is 14.7. The van der Waals surface area contributed by atoms with E-state index in [-0.39, 0.29) is 0 Å². The Kier molecular flexibility index (Phi) is 4.72. The lowest BCUT2D eigenvalue weighted by molar-refractivity contribution is 0.0636. The molecule has 0 bridgehead atoms. The van der Waals surface area contributed by atoms with E-state index < -0.39 is 5.60 Å². The van der Waals surface area contributed by atoms with Gasteiger partial charge in [-0.15, -0.1) is 0 Å². The highest BCUT2D eigenvalue weighted by Crippen LogP contribution is 2.16. The van der Waals surface area contributed by atoms with Gasteiger partial charge in [-0.2, -0.15) is 0 Å². The fraction of sp³-hybridized carbons (Fsp3) is 0.600. The largest absolute Gasteiger partial charge is 0.388 e. The number of halogens is 1. The minimum absolute atomic E-state index is 0.508. The van der Waals surface area contributed by atoms with Crippen LogP contribution in [0.3, 0.4) is 0 Å². The zero-order valence-corrected chi connectivity index (χ0v) is 11.2. The van der Waals surface area contributed by atoms with Crippen molar-refractivity contribution in [3.63, 3.8) is 0 Å². The zero-order chi connectivity index (χ0) is 11.3. The van der Waals surface area contributed by atoms with E-state index in [2.05, 4.69) is 44.8 Å². The van der Waals surface area contributed by atoms with E-state index in [1.807, 2.05) is 6.92 Å². The number of rotatable bonds is 5. The van der Waals surface area contributed by atoms with Gasteiger partial charge in [-0.3, -0.25) is 0 Å². The average Bonchev–Trinajstić information content (AvgIpc) is 2.16. The van der Waals surface area contributed by atoms with Crippen LogP contribution in [0.25, 0.3) is 0 Å². The van der Waals surface area contributed by atoms with Gasteiger partial charge in [0.25, 0.3) is 0 Å². The summed E-state index contributed by atoms with van der Waals surface area (Å²) in [5.41, 5.74) is -0.678. The molecule has 1 unspecified atom stereocenters. The number of nitrogens with zero attached hydrogens (tertiary/aromatic N) is 2. The van der Waals surface area contributed by atoms with Crippen LogP contribution in [0.15, 0.2) is 12.5 Å². The minimum atomic E-state index is -0.678. The zero-order valence-electron chi connectivity index (χ0n) is 9.00. The smallest absolute Gasteiger partial charge is 0.142 e. The summed E-state index contributed by atoms with van der Waals surface area (Å²) in [6, 6.07) is 0. The standard InChI is InChI=1S/C10H16IN3O/c1-3-4-10(2,15)6-13-9-8(11)5-12-7-14-9/h5,7,15H,3-4,6H2,1-2H3,(H,12,13,14). The number of aromatic nitrogens is 2. The number of aliphatic hydroxyl groups is 1. The molecule has 5 heteroatoms.